The maximum atomic E-state index is 12.3. The van der Waals surface area contributed by atoms with E-state index < -0.39 is 11.6 Å². The van der Waals surface area contributed by atoms with Gasteiger partial charge in [0.25, 0.3) is 0 Å². The topological polar surface area (TPSA) is 23.5 Å². The molecule has 2 bridgehead atoms. The van der Waals surface area contributed by atoms with Crippen molar-refractivity contribution in [3.8, 4) is 0 Å². The Morgan fingerprint density at radius 3 is 1.88 bits per heavy atom. The van der Waals surface area contributed by atoms with Gasteiger partial charge in [-0.05, 0) is 74.4 Å². The number of benzene rings is 2. The largest absolute Gasteiger partial charge is 0.379 e. The quantitative estimate of drug-likeness (QED) is 0.922. The number of fused-ring (bicyclic) bond motifs is 3. The third-order valence-corrected chi connectivity index (χ3v) is 5.97. The minimum absolute atomic E-state index is 0.544. The highest BCUT2D eigenvalue weighted by Gasteiger charge is 2.49. The van der Waals surface area contributed by atoms with E-state index in [2.05, 4.69) is 4.90 Å². The molecule has 1 atom stereocenters. The van der Waals surface area contributed by atoms with Crippen LogP contribution in [0.25, 0.3) is 0 Å². The van der Waals surface area contributed by atoms with Crippen molar-refractivity contribution >= 4 is 0 Å². The number of piperidine rings is 3. The summed E-state index contributed by atoms with van der Waals surface area (Å²) >= 11 is 0. The predicted molar refractivity (Wildman–Crippen MR) is 98.1 cm³/mol. The van der Waals surface area contributed by atoms with Crippen LogP contribution >= 0.6 is 0 Å². The Balaban J connectivity index is 1.97. The zero-order chi connectivity index (χ0) is 17.7. The molecule has 3 fully saturated rings. The van der Waals surface area contributed by atoms with Gasteiger partial charge in [-0.1, -0.05) is 48.5 Å². The number of nitrogens with zero attached hydrogens (tertiary/aromatic N) is 1. The lowest BCUT2D eigenvalue weighted by molar-refractivity contribution is -0.0752. The molecule has 2 aromatic rings. The van der Waals surface area contributed by atoms with Crippen molar-refractivity contribution in [1.29, 1.82) is 0 Å². The summed E-state index contributed by atoms with van der Waals surface area (Å²) in [6.07, 6.45) is 3.03. The van der Waals surface area contributed by atoms with Gasteiger partial charge < -0.3 is 5.11 Å². The first-order valence-corrected chi connectivity index (χ1v) is 9.06. The Hall–Kier alpha value is -1.64. The fraction of sp³-hybridized carbons (Fsp3) is 0.455. The van der Waals surface area contributed by atoms with Crippen molar-refractivity contribution < 1.29 is 6.48 Å². The summed E-state index contributed by atoms with van der Waals surface area (Å²) in [5.74, 6) is 0.544. The summed E-state index contributed by atoms with van der Waals surface area (Å²) in [4.78, 5) is 2.21. The minimum atomic E-state index is -1.33. The maximum Gasteiger partial charge on any atom is 0.131 e. The highest BCUT2D eigenvalue weighted by atomic mass is 16.3. The molecule has 0 saturated carbocycles. The van der Waals surface area contributed by atoms with Crippen LogP contribution in [0.1, 0.15) is 42.9 Å². The third-order valence-electron chi connectivity index (χ3n) is 5.97. The Morgan fingerprint density at radius 2 is 1.46 bits per heavy atom. The van der Waals surface area contributed by atoms with Gasteiger partial charge in [0.1, 0.15) is 5.60 Å². The number of rotatable bonds is 3. The summed E-state index contributed by atoms with van der Waals surface area (Å²) in [5, 5.41) is 12.3. The SMILES string of the molecule is [2H]C1(C(O)(c2ccccc2C)c2ccccc2C)CC2CCN1CC2. The average molecular weight is 322 g/mol. The Bertz CT molecular complexity index is 736. The first-order chi connectivity index (χ1) is 12.0. The van der Waals surface area contributed by atoms with Crippen molar-refractivity contribution in [3.05, 3.63) is 70.8 Å². The summed E-state index contributed by atoms with van der Waals surface area (Å²) in [6.45, 7) is 5.90. The van der Waals surface area contributed by atoms with Crippen molar-refractivity contribution in [1.82, 2.24) is 4.90 Å². The first kappa shape index (κ1) is 14.7. The third kappa shape index (κ3) is 2.40. The van der Waals surface area contributed by atoms with E-state index in [4.69, 9.17) is 0 Å². The van der Waals surface area contributed by atoms with Gasteiger partial charge in [-0.25, -0.2) is 0 Å². The smallest absolute Gasteiger partial charge is 0.131 e. The number of hydrogen-bond acceptors (Lipinski definition) is 2. The molecular weight excluding hydrogens is 294 g/mol. The molecule has 3 aliphatic heterocycles. The van der Waals surface area contributed by atoms with E-state index in [0.29, 0.717) is 5.92 Å². The lowest BCUT2D eigenvalue weighted by Gasteiger charge is -2.52. The van der Waals surface area contributed by atoms with Crippen molar-refractivity contribution in [2.45, 2.75) is 44.7 Å². The molecule has 1 unspecified atom stereocenters. The Kier molecular flexibility index (Phi) is 3.68. The molecule has 3 heterocycles. The molecular formula is C22H27NO. The standard InChI is InChI=1S/C22H27NO/c1-16-7-3-5-9-19(16)22(24,20-10-6-4-8-17(20)2)21-15-18-11-13-23(21)14-12-18/h3-10,18,21,24H,11-15H2,1-2H3/i21D. The van der Waals surface area contributed by atoms with Crippen LogP contribution in [0.15, 0.2) is 48.5 Å². The molecule has 3 saturated heterocycles. The van der Waals surface area contributed by atoms with Crippen LogP contribution in [0.2, 0.25) is 0 Å². The van der Waals surface area contributed by atoms with E-state index in [1.807, 2.05) is 62.4 Å². The minimum Gasteiger partial charge on any atom is -0.379 e. The number of aliphatic hydroxyl groups is 1. The van der Waals surface area contributed by atoms with Crippen molar-refractivity contribution in [2.75, 3.05) is 13.1 Å². The summed E-state index contributed by atoms with van der Waals surface area (Å²) < 4.78 is 9.51. The molecule has 5 rings (SSSR count). The molecule has 0 radical (unpaired) electrons. The molecule has 3 aliphatic rings. The maximum absolute atomic E-state index is 12.3. The zero-order valence-corrected chi connectivity index (χ0v) is 14.6. The van der Waals surface area contributed by atoms with Crippen LogP contribution in [-0.4, -0.2) is 29.1 Å². The van der Waals surface area contributed by atoms with E-state index in [1.54, 1.807) is 0 Å². The first-order valence-electron chi connectivity index (χ1n) is 9.56. The molecule has 126 valence electrons. The lowest BCUT2D eigenvalue weighted by atomic mass is 9.69. The number of aryl methyl sites for hydroxylation is 2. The van der Waals surface area contributed by atoms with Crippen molar-refractivity contribution in [2.24, 2.45) is 5.92 Å². The van der Waals surface area contributed by atoms with Crippen LogP contribution in [0, 0.1) is 19.8 Å². The summed E-state index contributed by atoms with van der Waals surface area (Å²) in [6, 6.07) is 15.0. The van der Waals surface area contributed by atoms with Crippen LogP contribution in [0.3, 0.4) is 0 Å². The highest BCUT2D eigenvalue weighted by Crippen LogP contribution is 2.45. The molecule has 2 nitrogen and oxygen atoms in total. The molecule has 24 heavy (non-hydrogen) atoms. The van der Waals surface area contributed by atoms with E-state index in [9.17, 15) is 6.48 Å². The molecule has 1 N–H and O–H groups in total. The van der Waals surface area contributed by atoms with E-state index in [0.717, 1.165) is 54.6 Å². The second-order valence-corrected chi connectivity index (χ2v) is 7.42. The fourth-order valence-corrected chi connectivity index (χ4v) is 4.60. The van der Waals surface area contributed by atoms with Gasteiger partial charge >= 0.3 is 0 Å². The van der Waals surface area contributed by atoms with E-state index in [-0.39, 0.29) is 0 Å². The lowest BCUT2D eigenvalue weighted by Crippen LogP contribution is -2.59. The van der Waals surface area contributed by atoms with E-state index in [1.165, 1.54) is 0 Å². The van der Waals surface area contributed by atoms with Gasteiger partial charge in [0, 0.05) is 6.02 Å². The Morgan fingerprint density at radius 1 is 0.958 bits per heavy atom. The molecule has 2 aromatic carbocycles. The average Bonchev–Trinajstić information content (AvgIpc) is 2.62. The van der Waals surface area contributed by atoms with Gasteiger partial charge in [0.05, 0.1) is 1.37 Å². The van der Waals surface area contributed by atoms with Crippen LogP contribution in [0.5, 0.6) is 0 Å². The highest BCUT2D eigenvalue weighted by molar-refractivity contribution is 5.45. The molecule has 0 aromatic heterocycles. The second-order valence-electron chi connectivity index (χ2n) is 7.42. The van der Waals surface area contributed by atoms with Gasteiger partial charge in [-0.15, -0.1) is 0 Å². The van der Waals surface area contributed by atoms with Gasteiger partial charge in [-0.3, -0.25) is 4.90 Å². The van der Waals surface area contributed by atoms with Crippen LogP contribution < -0.4 is 0 Å². The van der Waals surface area contributed by atoms with Crippen LogP contribution in [-0.2, 0) is 5.60 Å². The molecule has 0 spiro atoms. The monoisotopic (exact) mass is 322 g/mol. The van der Waals surface area contributed by atoms with Crippen LogP contribution in [0.4, 0.5) is 0 Å². The second kappa shape index (κ2) is 6.02. The van der Waals surface area contributed by atoms with Gasteiger partial charge in [-0.2, -0.15) is 0 Å². The van der Waals surface area contributed by atoms with Gasteiger partial charge in [0.15, 0.2) is 0 Å². The van der Waals surface area contributed by atoms with Gasteiger partial charge in [0.2, 0.25) is 0 Å². The molecule has 0 amide bonds. The number of hydrogen-bond donors (Lipinski definition) is 1. The predicted octanol–water partition coefficient (Wildman–Crippen LogP) is 4.02. The normalized spacial score (nSPS) is 30.2. The Labute approximate surface area is 146 Å². The van der Waals surface area contributed by atoms with E-state index >= 15 is 0 Å². The fourth-order valence-electron chi connectivity index (χ4n) is 4.60. The zero-order valence-electron chi connectivity index (χ0n) is 15.6. The molecule has 0 aliphatic carbocycles. The molecule has 2 heteroatoms. The summed E-state index contributed by atoms with van der Waals surface area (Å²) in [7, 11) is 0. The summed E-state index contributed by atoms with van der Waals surface area (Å²) in [5.41, 5.74) is 2.49. The van der Waals surface area contributed by atoms with Crippen molar-refractivity contribution in [3.63, 3.8) is 0 Å².